The van der Waals surface area contributed by atoms with E-state index in [1.54, 1.807) is 24.3 Å². The number of aliphatic hydroxyl groups excluding tert-OH is 1. The zero-order valence-corrected chi connectivity index (χ0v) is 8.97. The molecule has 1 heterocycles. The molecule has 2 nitrogen and oxygen atoms in total. The normalized spacial score (nSPS) is 31.5. The lowest BCUT2D eigenvalue weighted by molar-refractivity contribution is -0.0345. The lowest BCUT2D eigenvalue weighted by atomic mass is 9.85. The zero-order chi connectivity index (χ0) is 10.9. The fraction of sp³-hybridized carbons (Fsp3) is 0.455. The number of aliphatic hydroxyl groups is 1. The Kier molecular flexibility index (Phi) is 2.96. The highest BCUT2D eigenvalue weighted by Gasteiger charge is 2.41. The minimum atomic E-state index is -1.64. The van der Waals surface area contributed by atoms with Crippen molar-refractivity contribution in [3.05, 3.63) is 34.9 Å². The van der Waals surface area contributed by atoms with Gasteiger partial charge in [-0.3, -0.25) is 0 Å². The van der Waals surface area contributed by atoms with Gasteiger partial charge < -0.3 is 10.4 Å². The van der Waals surface area contributed by atoms with E-state index in [4.69, 9.17) is 11.6 Å². The van der Waals surface area contributed by atoms with Gasteiger partial charge in [-0.15, -0.1) is 0 Å². The highest BCUT2D eigenvalue weighted by Crippen LogP contribution is 2.35. The van der Waals surface area contributed by atoms with Gasteiger partial charge in [0.25, 0.3) is 0 Å². The Hall–Kier alpha value is -0.640. The number of alkyl halides is 1. The number of hydrogen-bond acceptors (Lipinski definition) is 2. The van der Waals surface area contributed by atoms with Gasteiger partial charge in [0, 0.05) is 18.0 Å². The van der Waals surface area contributed by atoms with Crippen LogP contribution >= 0.6 is 11.6 Å². The molecule has 15 heavy (non-hydrogen) atoms. The van der Waals surface area contributed by atoms with Crippen molar-refractivity contribution in [2.45, 2.75) is 18.2 Å². The molecule has 0 radical (unpaired) electrons. The lowest BCUT2D eigenvalue weighted by Gasteiger charge is -2.35. The Bertz CT molecular complexity index is 343. The second-order valence-corrected chi connectivity index (χ2v) is 4.28. The number of β-amino-alcohol motifs (C(OH)–C–C–N with tert-alkyl or cyclic N) is 1. The van der Waals surface area contributed by atoms with Crippen molar-refractivity contribution in [1.29, 1.82) is 0 Å². The van der Waals surface area contributed by atoms with E-state index in [1.165, 1.54) is 0 Å². The average molecular weight is 230 g/mol. The van der Waals surface area contributed by atoms with Crippen molar-refractivity contribution in [1.82, 2.24) is 5.32 Å². The lowest BCUT2D eigenvalue weighted by Crippen LogP contribution is -2.49. The van der Waals surface area contributed by atoms with E-state index in [2.05, 4.69) is 5.32 Å². The van der Waals surface area contributed by atoms with Gasteiger partial charge in [0.05, 0.1) is 0 Å². The van der Waals surface area contributed by atoms with Crippen LogP contribution in [0.5, 0.6) is 0 Å². The largest absolute Gasteiger partial charge is 0.388 e. The molecular formula is C11H13ClFNO. The summed E-state index contributed by atoms with van der Waals surface area (Å²) in [6.45, 7) is 0.870. The molecule has 1 fully saturated rings. The molecule has 0 bridgehead atoms. The molecule has 0 saturated carbocycles. The number of halogens is 2. The van der Waals surface area contributed by atoms with Crippen LogP contribution in [0.2, 0.25) is 5.02 Å². The van der Waals surface area contributed by atoms with Crippen LogP contribution in [-0.2, 0) is 5.67 Å². The van der Waals surface area contributed by atoms with Crippen LogP contribution in [0.4, 0.5) is 4.39 Å². The number of rotatable bonds is 1. The number of piperidine rings is 1. The van der Waals surface area contributed by atoms with Gasteiger partial charge in [0.1, 0.15) is 6.10 Å². The molecule has 1 saturated heterocycles. The monoisotopic (exact) mass is 229 g/mol. The summed E-state index contributed by atoms with van der Waals surface area (Å²) in [5.74, 6) is 0. The quantitative estimate of drug-likeness (QED) is 0.771. The van der Waals surface area contributed by atoms with Gasteiger partial charge in [-0.2, -0.15) is 0 Å². The first-order chi connectivity index (χ1) is 7.13. The van der Waals surface area contributed by atoms with Gasteiger partial charge in [-0.25, -0.2) is 4.39 Å². The fourth-order valence-corrected chi connectivity index (χ4v) is 2.03. The molecule has 1 aliphatic rings. The van der Waals surface area contributed by atoms with Crippen LogP contribution < -0.4 is 5.32 Å². The predicted octanol–water partition coefficient (Wildman–Crippen LogP) is 1.86. The molecule has 2 rings (SSSR count). The number of nitrogens with one attached hydrogen (secondary N) is 1. The summed E-state index contributed by atoms with van der Waals surface area (Å²) in [5, 5.41) is 13.2. The molecule has 82 valence electrons. The molecule has 1 aliphatic heterocycles. The summed E-state index contributed by atoms with van der Waals surface area (Å²) in [5.41, 5.74) is -1.14. The van der Waals surface area contributed by atoms with Crippen molar-refractivity contribution in [2.75, 3.05) is 13.1 Å². The van der Waals surface area contributed by atoms with Crippen LogP contribution in [0.25, 0.3) is 0 Å². The summed E-state index contributed by atoms with van der Waals surface area (Å²) >= 11 is 5.74. The first-order valence-corrected chi connectivity index (χ1v) is 5.34. The third kappa shape index (κ3) is 2.00. The Morgan fingerprint density at radius 3 is 2.67 bits per heavy atom. The maximum absolute atomic E-state index is 14.5. The molecule has 1 aromatic carbocycles. The van der Waals surface area contributed by atoms with Gasteiger partial charge >= 0.3 is 0 Å². The Morgan fingerprint density at radius 2 is 2.07 bits per heavy atom. The van der Waals surface area contributed by atoms with Gasteiger partial charge in [0.2, 0.25) is 0 Å². The van der Waals surface area contributed by atoms with Crippen LogP contribution in [-0.4, -0.2) is 24.3 Å². The Balaban J connectivity index is 2.30. The Labute approximate surface area is 93.1 Å². The fourth-order valence-electron chi connectivity index (χ4n) is 1.90. The summed E-state index contributed by atoms with van der Waals surface area (Å²) in [7, 11) is 0. The third-order valence-electron chi connectivity index (χ3n) is 2.86. The smallest absolute Gasteiger partial charge is 0.164 e. The van der Waals surface area contributed by atoms with E-state index in [1.807, 2.05) is 0 Å². The molecule has 2 N–H and O–H groups in total. The van der Waals surface area contributed by atoms with Crippen LogP contribution in [0, 0.1) is 0 Å². The van der Waals surface area contributed by atoms with Crippen molar-refractivity contribution in [3.8, 4) is 0 Å². The molecule has 2 atom stereocenters. The van der Waals surface area contributed by atoms with Crippen molar-refractivity contribution in [3.63, 3.8) is 0 Å². The second kappa shape index (κ2) is 4.08. The molecule has 0 unspecified atom stereocenters. The maximum Gasteiger partial charge on any atom is 0.164 e. The van der Waals surface area contributed by atoms with Gasteiger partial charge in [0.15, 0.2) is 5.67 Å². The molecular weight excluding hydrogens is 217 g/mol. The zero-order valence-electron chi connectivity index (χ0n) is 8.21. The summed E-state index contributed by atoms with van der Waals surface area (Å²) in [6.07, 6.45) is -0.706. The summed E-state index contributed by atoms with van der Waals surface area (Å²) < 4.78 is 14.5. The molecule has 4 heteroatoms. The van der Waals surface area contributed by atoms with E-state index in [0.29, 0.717) is 23.7 Å². The first-order valence-electron chi connectivity index (χ1n) is 4.97. The van der Waals surface area contributed by atoms with Crippen LogP contribution in [0.1, 0.15) is 12.0 Å². The standard InChI is InChI=1S/C11H13ClFNO/c12-9-3-1-8(2-4-9)11(13)5-6-14-7-10(11)15/h1-4,10,14-15H,5-7H2/t10-,11+/m0/s1. The van der Waals surface area contributed by atoms with Crippen molar-refractivity contribution < 1.29 is 9.50 Å². The number of hydrogen-bond donors (Lipinski definition) is 2. The average Bonchev–Trinajstić information content (AvgIpc) is 2.23. The highest BCUT2D eigenvalue weighted by molar-refractivity contribution is 6.30. The van der Waals surface area contributed by atoms with Crippen LogP contribution in [0.15, 0.2) is 24.3 Å². The third-order valence-corrected chi connectivity index (χ3v) is 3.11. The second-order valence-electron chi connectivity index (χ2n) is 3.84. The predicted molar refractivity (Wildman–Crippen MR) is 57.7 cm³/mol. The molecule has 0 aliphatic carbocycles. The van der Waals surface area contributed by atoms with Crippen molar-refractivity contribution in [2.24, 2.45) is 0 Å². The topological polar surface area (TPSA) is 32.3 Å². The first kappa shape index (κ1) is 10.9. The SMILES string of the molecule is O[C@H]1CNCC[C@@]1(F)c1ccc(Cl)cc1. The molecule has 0 aromatic heterocycles. The Morgan fingerprint density at radius 1 is 1.40 bits per heavy atom. The maximum atomic E-state index is 14.5. The van der Waals surface area contributed by atoms with Gasteiger partial charge in [-0.1, -0.05) is 23.7 Å². The van der Waals surface area contributed by atoms with E-state index < -0.39 is 11.8 Å². The minimum Gasteiger partial charge on any atom is -0.388 e. The molecule has 0 amide bonds. The minimum absolute atomic E-state index is 0.287. The highest BCUT2D eigenvalue weighted by atomic mass is 35.5. The van der Waals surface area contributed by atoms with Crippen LogP contribution in [0.3, 0.4) is 0 Å². The summed E-state index contributed by atoms with van der Waals surface area (Å²) in [6, 6.07) is 6.56. The van der Waals surface area contributed by atoms with E-state index in [0.717, 1.165) is 0 Å². The summed E-state index contributed by atoms with van der Waals surface area (Å²) in [4.78, 5) is 0. The van der Waals surface area contributed by atoms with E-state index in [9.17, 15) is 9.50 Å². The van der Waals surface area contributed by atoms with Crippen molar-refractivity contribution >= 4 is 11.6 Å². The van der Waals surface area contributed by atoms with Gasteiger partial charge in [-0.05, 0) is 24.2 Å². The molecule has 1 aromatic rings. The molecule has 0 spiro atoms. The van der Waals surface area contributed by atoms with E-state index >= 15 is 0 Å². The van der Waals surface area contributed by atoms with E-state index in [-0.39, 0.29) is 6.42 Å². The number of benzene rings is 1.